The molecule has 1 aliphatic rings. The summed E-state index contributed by atoms with van der Waals surface area (Å²) in [6.45, 7) is 6.51. The predicted molar refractivity (Wildman–Crippen MR) is 114 cm³/mol. The summed E-state index contributed by atoms with van der Waals surface area (Å²) in [5.74, 6) is 0.416. The van der Waals surface area contributed by atoms with Crippen LogP contribution in [0.4, 0.5) is 0 Å². The molecule has 2 heterocycles. The number of nitrogens with zero attached hydrogens (tertiary/aromatic N) is 3. The van der Waals surface area contributed by atoms with Gasteiger partial charge in [-0.25, -0.2) is 9.67 Å². The van der Waals surface area contributed by atoms with Crippen molar-refractivity contribution in [3.8, 4) is 0 Å². The Morgan fingerprint density at radius 3 is 2.56 bits per heavy atom. The number of rotatable bonds is 5. The van der Waals surface area contributed by atoms with Gasteiger partial charge >= 0.3 is 0 Å². The normalized spacial score (nSPS) is 15.9. The van der Waals surface area contributed by atoms with E-state index < -0.39 is 0 Å². The van der Waals surface area contributed by atoms with E-state index in [0.717, 1.165) is 29.6 Å². The highest BCUT2D eigenvalue weighted by Gasteiger charge is 2.25. The van der Waals surface area contributed by atoms with Gasteiger partial charge in [-0.3, -0.25) is 4.79 Å². The number of fused-ring (bicyclic) bond motifs is 1. The molecule has 0 aromatic carbocycles. The number of aryl methyl sites for hydroxylation is 1. The Morgan fingerprint density at radius 2 is 1.96 bits per heavy atom. The highest BCUT2D eigenvalue weighted by Crippen LogP contribution is 2.27. The standard InChI is InChI=1S/C19H29N5O.2ClH/c1-12(2)24-18-16(11-21-24)15(9-13(3)22-18)19(25)23-17(10-20)14-7-5-4-6-8-14;;/h9,11-12,14,17H,4-8,10,20H2,1-3H3,(H,23,25);2*1H. The number of halogens is 2. The van der Waals surface area contributed by atoms with E-state index in [4.69, 9.17) is 5.73 Å². The molecule has 27 heavy (non-hydrogen) atoms. The SMILES string of the molecule is Cc1cc(C(=O)NC(CN)C2CCCCC2)c2cnn(C(C)C)c2n1.Cl.Cl. The largest absolute Gasteiger partial charge is 0.348 e. The second-order valence-corrected chi connectivity index (χ2v) is 7.45. The lowest BCUT2D eigenvalue weighted by atomic mass is 9.84. The molecule has 8 heteroatoms. The van der Waals surface area contributed by atoms with Crippen LogP contribution in [0.2, 0.25) is 0 Å². The van der Waals surface area contributed by atoms with Crippen LogP contribution in [-0.2, 0) is 0 Å². The Kier molecular flexibility index (Phi) is 8.99. The van der Waals surface area contributed by atoms with Crippen LogP contribution in [0.3, 0.4) is 0 Å². The van der Waals surface area contributed by atoms with Gasteiger partial charge in [0.05, 0.1) is 17.1 Å². The van der Waals surface area contributed by atoms with Crippen molar-refractivity contribution in [1.82, 2.24) is 20.1 Å². The highest BCUT2D eigenvalue weighted by atomic mass is 35.5. The highest BCUT2D eigenvalue weighted by molar-refractivity contribution is 6.05. The molecular formula is C19H31Cl2N5O. The maximum Gasteiger partial charge on any atom is 0.252 e. The van der Waals surface area contributed by atoms with Gasteiger partial charge in [0, 0.05) is 24.3 Å². The topological polar surface area (TPSA) is 85.8 Å². The number of carbonyl (C=O) groups excluding carboxylic acids is 1. The third-order valence-electron chi connectivity index (χ3n) is 5.22. The first-order valence-electron chi connectivity index (χ1n) is 9.37. The second kappa shape index (κ2) is 10.2. The van der Waals surface area contributed by atoms with E-state index in [-0.39, 0.29) is 42.8 Å². The van der Waals surface area contributed by atoms with Crippen molar-refractivity contribution in [2.24, 2.45) is 11.7 Å². The van der Waals surface area contributed by atoms with Gasteiger partial charge in [0.25, 0.3) is 5.91 Å². The maximum atomic E-state index is 13.0. The number of hydrogen-bond donors (Lipinski definition) is 2. The van der Waals surface area contributed by atoms with Gasteiger partial charge in [-0.15, -0.1) is 24.8 Å². The van der Waals surface area contributed by atoms with Gasteiger partial charge in [0.2, 0.25) is 0 Å². The third kappa shape index (κ3) is 5.12. The van der Waals surface area contributed by atoms with E-state index in [1.54, 1.807) is 6.20 Å². The summed E-state index contributed by atoms with van der Waals surface area (Å²) in [6, 6.07) is 2.08. The van der Waals surface area contributed by atoms with Crippen LogP contribution in [0.5, 0.6) is 0 Å². The van der Waals surface area contributed by atoms with Gasteiger partial charge in [0.15, 0.2) is 5.65 Å². The van der Waals surface area contributed by atoms with Crippen LogP contribution >= 0.6 is 24.8 Å². The van der Waals surface area contributed by atoms with Gasteiger partial charge in [-0.1, -0.05) is 19.3 Å². The van der Waals surface area contributed by atoms with Crippen LogP contribution in [0.1, 0.15) is 68.0 Å². The van der Waals surface area contributed by atoms with Crippen molar-refractivity contribution in [3.05, 3.63) is 23.5 Å². The molecule has 1 fully saturated rings. The second-order valence-electron chi connectivity index (χ2n) is 7.45. The van der Waals surface area contributed by atoms with Crippen molar-refractivity contribution in [3.63, 3.8) is 0 Å². The average Bonchev–Trinajstić information content (AvgIpc) is 3.03. The molecule has 0 radical (unpaired) electrons. The Balaban J connectivity index is 0.00000182. The molecular weight excluding hydrogens is 385 g/mol. The first-order valence-corrected chi connectivity index (χ1v) is 9.37. The Labute approximate surface area is 173 Å². The number of aromatic nitrogens is 3. The first kappa shape index (κ1) is 23.7. The molecule has 0 aliphatic heterocycles. The van der Waals surface area contributed by atoms with Gasteiger partial charge < -0.3 is 11.1 Å². The summed E-state index contributed by atoms with van der Waals surface area (Å²) in [7, 11) is 0. The van der Waals surface area contributed by atoms with E-state index in [0.29, 0.717) is 18.0 Å². The zero-order valence-electron chi connectivity index (χ0n) is 16.3. The molecule has 6 nitrogen and oxygen atoms in total. The molecule has 1 aliphatic carbocycles. The molecule has 1 unspecified atom stereocenters. The maximum absolute atomic E-state index is 13.0. The predicted octanol–water partition coefficient (Wildman–Crippen LogP) is 3.80. The molecule has 1 saturated carbocycles. The zero-order chi connectivity index (χ0) is 18.0. The number of hydrogen-bond acceptors (Lipinski definition) is 4. The molecule has 3 N–H and O–H groups in total. The molecule has 1 atom stereocenters. The van der Waals surface area contributed by atoms with Gasteiger partial charge in [-0.05, 0) is 45.6 Å². The van der Waals surface area contributed by atoms with Crippen molar-refractivity contribution in [2.45, 2.75) is 65.0 Å². The first-order chi connectivity index (χ1) is 12.0. The quantitative estimate of drug-likeness (QED) is 0.776. The fraction of sp³-hybridized carbons (Fsp3) is 0.632. The van der Waals surface area contributed by atoms with E-state index in [9.17, 15) is 4.79 Å². The Morgan fingerprint density at radius 1 is 1.30 bits per heavy atom. The van der Waals surface area contributed by atoms with E-state index >= 15 is 0 Å². The van der Waals surface area contributed by atoms with Crippen LogP contribution in [-0.4, -0.2) is 33.3 Å². The summed E-state index contributed by atoms with van der Waals surface area (Å²) >= 11 is 0. The summed E-state index contributed by atoms with van der Waals surface area (Å²) in [5.41, 5.74) is 8.20. The van der Waals surface area contributed by atoms with Crippen LogP contribution < -0.4 is 11.1 Å². The van der Waals surface area contributed by atoms with E-state index in [1.165, 1.54) is 19.3 Å². The van der Waals surface area contributed by atoms with E-state index in [2.05, 4.69) is 29.2 Å². The van der Waals surface area contributed by atoms with Gasteiger partial charge in [0.1, 0.15) is 0 Å². The number of amides is 1. The lowest BCUT2D eigenvalue weighted by molar-refractivity contribution is 0.0917. The average molecular weight is 416 g/mol. The fourth-order valence-electron chi connectivity index (χ4n) is 3.86. The van der Waals surface area contributed by atoms with Crippen molar-refractivity contribution in [1.29, 1.82) is 0 Å². The molecule has 1 amide bonds. The monoisotopic (exact) mass is 415 g/mol. The minimum atomic E-state index is -0.0696. The molecule has 2 aromatic rings. The van der Waals surface area contributed by atoms with Crippen LogP contribution in [0, 0.1) is 12.8 Å². The fourth-order valence-corrected chi connectivity index (χ4v) is 3.86. The van der Waals surface area contributed by atoms with Crippen LogP contribution in [0.15, 0.2) is 12.3 Å². The summed E-state index contributed by atoms with van der Waals surface area (Å²) < 4.78 is 1.86. The van der Waals surface area contributed by atoms with Crippen molar-refractivity contribution in [2.75, 3.05) is 6.54 Å². The lowest BCUT2D eigenvalue weighted by Gasteiger charge is -2.30. The summed E-state index contributed by atoms with van der Waals surface area (Å²) in [5, 5.41) is 8.40. The third-order valence-corrected chi connectivity index (χ3v) is 5.22. The summed E-state index contributed by atoms with van der Waals surface area (Å²) in [4.78, 5) is 17.6. The number of carbonyl (C=O) groups is 1. The molecule has 152 valence electrons. The van der Waals surface area contributed by atoms with E-state index in [1.807, 2.05) is 17.7 Å². The number of pyridine rings is 1. The number of nitrogens with one attached hydrogen (secondary N) is 1. The Bertz CT molecular complexity index is 756. The zero-order valence-corrected chi connectivity index (χ0v) is 17.9. The lowest BCUT2D eigenvalue weighted by Crippen LogP contribution is -2.46. The van der Waals surface area contributed by atoms with Crippen LogP contribution in [0.25, 0.3) is 11.0 Å². The van der Waals surface area contributed by atoms with Gasteiger partial charge in [-0.2, -0.15) is 5.10 Å². The van der Waals surface area contributed by atoms with Crippen molar-refractivity contribution < 1.29 is 4.79 Å². The molecule has 0 saturated heterocycles. The minimum Gasteiger partial charge on any atom is -0.348 e. The minimum absolute atomic E-state index is 0. The Hall–Kier alpha value is -1.37. The molecule has 3 rings (SSSR count). The smallest absolute Gasteiger partial charge is 0.252 e. The number of nitrogens with two attached hydrogens (primary N) is 1. The molecule has 0 bridgehead atoms. The molecule has 2 aromatic heterocycles. The molecule has 0 spiro atoms. The summed E-state index contributed by atoms with van der Waals surface area (Å²) in [6.07, 6.45) is 7.80. The van der Waals surface area contributed by atoms with Crippen molar-refractivity contribution >= 4 is 41.8 Å².